The van der Waals surface area contributed by atoms with Gasteiger partial charge >= 0.3 is 5.97 Å². The average molecular weight is 341 g/mol. The molecule has 0 saturated heterocycles. The molecule has 0 radical (unpaired) electrons. The number of benzene rings is 1. The first-order valence-electron chi connectivity index (χ1n) is 9.80. The van der Waals surface area contributed by atoms with Gasteiger partial charge in [-0.2, -0.15) is 0 Å². The lowest BCUT2D eigenvalue weighted by atomic mass is 9.70. The Morgan fingerprint density at radius 3 is 2.28 bits per heavy atom. The minimum Gasteiger partial charge on any atom is -0.481 e. The largest absolute Gasteiger partial charge is 0.481 e. The van der Waals surface area contributed by atoms with E-state index >= 15 is 0 Å². The van der Waals surface area contributed by atoms with E-state index in [-0.39, 0.29) is 11.9 Å². The Morgan fingerprint density at radius 2 is 1.64 bits per heavy atom. The molecule has 1 heterocycles. The van der Waals surface area contributed by atoms with E-state index in [0.29, 0.717) is 5.56 Å². The van der Waals surface area contributed by atoms with Gasteiger partial charge in [0.2, 0.25) is 0 Å². The Morgan fingerprint density at radius 1 is 1.00 bits per heavy atom. The summed E-state index contributed by atoms with van der Waals surface area (Å²) in [5.41, 5.74) is 0.815. The summed E-state index contributed by atoms with van der Waals surface area (Å²) in [6.07, 6.45) is 10.4. The highest BCUT2D eigenvalue weighted by Crippen LogP contribution is 2.52. The lowest BCUT2D eigenvalue weighted by molar-refractivity contribution is -0.143. The molecule has 1 N–H and O–H groups in total. The zero-order valence-electron chi connectivity index (χ0n) is 14.7. The Kier molecular flexibility index (Phi) is 4.30. The van der Waals surface area contributed by atoms with Crippen LogP contribution in [-0.2, 0) is 4.79 Å². The van der Waals surface area contributed by atoms with E-state index in [4.69, 9.17) is 0 Å². The zero-order chi connectivity index (χ0) is 17.4. The SMILES string of the molecule is O=C(O)C1c2ccccc2C(=O)N(C2CCCCCC2)C12CCCC2. The molecule has 4 nitrogen and oxygen atoms in total. The van der Waals surface area contributed by atoms with E-state index in [1.807, 2.05) is 24.3 Å². The second-order valence-corrected chi connectivity index (χ2v) is 7.99. The number of carbonyl (C=O) groups excluding carboxylic acids is 1. The van der Waals surface area contributed by atoms with Gasteiger partial charge in [0.25, 0.3) is 5.91 Å². The first-order valence-corrected chi connectivity index (χ1v) is 9.80. The van der Waals surface area contributed by atoms with Crippen LogP contribution in [0.2, 0.25) is 0 Å². The molecule has 1 unspecified atom stereocenters. The van der Waals surface area contributed by atoms with Gasteiger partial charge in [0, 0.05) is 11.6 Å². The molecule has 0 aromatic heterocycles. The zero-order valence-corrected chi connectivity index (χ0v) is 14.7. The van der Waals surface area contributed by atoms with Gasteiger partial charge in [-0.1, -0.05) is 56.7 Å². The summed E-state index contributed by atoms with van der Waals surface area (Å²) in [6.45, 7) is 0. The van der Waals surface area contributed by atoms with Crippen LogP contribution in [0.25, 0.3) is 0 Å². The topological polar surface area (TPSA) is 57.6 Å². The molecule has 3 aliphatic rings. The molecule has 1 atom stereocenters. The summed E-state index contributed by atoms with van der Waals surface area (Å²) >= 11 is 0. The van der Waals surface area contributed by atoms with Crippen molar-refractivity contribution in [3.8, 4) is 0 Å². The molecule has 1 aromatic rings. The van der Waals surface area contributed by atoms with E-state index < -0.39 is 17.4 Å². The minimum absolute atomic E-state index is 0.0712. The number of rotatable bonds is 2. The van der Waals surface area contributed by atoms with Crippen LogP contribution in [0.15, 0.2) is 24.3 Å². The van der Waals surface area contributed by atoms with Gasteiger partial charge in [0.15, 0.2) is 0 Å². The monoisotopic (exact) mass is 341 g/mol. The highest BCUT2D eigenvalue weighted by Gasteiger charge is 2.57. The molecule has 2 fully saturated rings. The van der Waals surface area contributed by atoms with E-state index in [1.54, 1.807) is 0 Å². The number of hydrogen-bond acceptors (Lipinski definition) is 2. The van der Waals surface area contributed by atoms with Gasteiger partial charge in [0.05, 0.1) is 5.54 Å². The van der Waals surface area contributed by atoms with Crippen molar-refractivity contribution in [2.75, 3.05) is 0 Å². The summed E-state index contributed by atoms with van der Waals surface area (Å²) in [6, 6.07) is 7.60. The second kappa shape index (κ2) is 6.47. The van der Waals surface area contributed by atoms with Gasteiger partial charge in [-0.25, -0.2) is 0 Å². The first kappa shape index (κ1) is 16.6. The van der Waals surface area contributed by atoms with Crippen LogP contribution in [0.4, 0.5) is 0 Å². The van der Waals surface area contributed by atoms with Crippen molar-refractivity contribution in [1.29, 1.82) is 0 Å². The van der Waals surface area contributed by atoms with E-state index in [1.165, 1.54) is 12.8 Å². The van der Waals surface area contributed by atoms with Crippen molar-refractivity contribution >= 4 is 11.9 Å². The maximum absolute atomic E-state index is 13.5. The number of carboxylic acids is 1. The molecule has 0 bridgehead atoms. The summed E-state index contributed by atoms with van der Waals surface area (Å²) in [5.74, 6) is -1.30. The summed E-state index contributed by atoms with van der Waals surface area (Å²) in [7, 11) is 0. The number of aliphatic carboxylic acids is 1. The number of carbonyl (C=O) groups is 2. The van der Waals surface area contributed by atoms with Crippen LogP contribution < -0.4 is 0 Å². The Bertz CT molecular complexity index is 669. The molecule has 25 heavy (non-hydrogen) atoms. The molecule has 1 aliphatic heterocycles. The van der Waals surface area contributed by atoms with Crippen molar-refractivity contribution < 1.29 is 14.7 Å². The normalized spacial score (nSPS) is 26.5. The summed E-state index contributed by atoms with van der Waals surface area (Å²) < 4.78 is 0. The van der Waals surface area contributed by atoms with Gasteiger partial charge in [0.1, 0.15) is 5.92 Å². The van der Waals surface area contributed by atoms with Gasteiger partial charge in [-0.15, -0.1) is 0 Å². The standard InChI is InChI=1S/C21H27NO3/c23-19-17-12-6-5-11-16(17)18(20(24)25)21(13-7-8-14-21)22(19)15-9-3-1-2-4-10-15/h5-6,11-12,15,18H,1-4,7-10,13-14H2,(H,24,25). The smallest absolute Gasteiger partial charge is 0.313 e. The molecule has 134 valence electrons. The van der Waals surface area contributed by atoms with Crippen LogP contribution in [-0.4, -0.2) is 33.5 Å². The number of fused-ring (bicyclic) bond motifs is 1. The Hall–Kier alpha value is -1.84. The van der Waals surface area contributed by atoms with Gasteiger partial charge in [-0.3, -0.25) is 9.59 Å². The molecule has 1 spiro atoms. The lowest BCUT2D eigenvalue weighted by Crippen LogP contribution is -2.62. The fraction of sp³-hybridized carbons (Fsp3) is 0.619. The van der Waals surface area contributed by atoms with Crippen molar-refractivity contribution in [1.82, 2.24) is 4.90 Å². The molecule has 1 amide bonds. The van der Waals surface area contributed by atoms with Crippen molar-refractivity contribution in [2.45, 2.75) is 81.7 Å². The number of amides is 1. The van der Waals surface area contributed by atoms with Gasteiger partial charge in [-0.05, 0) is 37.3 Å². The van der Waals surface area contributed by atoms with Crippen LogP contribution in [0, 0.1) is 0 Å². The maximum Gasteiger partial charge on any atom is 0.313 e. The molecule has 4 heteroatoms. The number of carboxylic acid groups (broad SMARTS) is 1. The quantitative estimate of drug-likeness (QED) is 0.814. The van der Waals surface area contributed by atoms with Crippen LogP contribution in [0.5, 0.6) is 0 Å². The predicted octanol–water partition coefficient (Wildman–Crippen LogP) is 4.35. The van der Waals surface area contributed by atoms with Crippen LogP contribution in [0.1, 0.15) is 86.0 Å². The number of nitrogens with zero attached hydrogens (tertiary/aromatic N) is 1. The van der Waals surface area contributed by atoms with Crippen molar-refractivity contribution in [3.63, 3.8) is 0 Å². The van der Waals surface area contributed by atoms with Crippen LogP contribution >= 0.6 is 0 Å². The Labute approximate surface area is 149 Å². The average Bonchev–Trinajstić information content (AvgIpc) is 2.90. The highest BCUT2D eigenvalue weighted by atomic mass is 16.4. The molecule has 2 saturated carbocycles. The predicted molar refractivity (Wildman–Crippen MR) is 95.7 cm³/mol. The fourth-order valence-corrected chi connectivity index (χ4v) is 5.63. The molecular weight excluding hydrogens is 314 g/mol. The maximum atomic E-state index is 13.5. The van der Waals surface area contributed by atoms with E-state index in [2.05, 4.69) is 4.90 Å². The van der Waals surface area contributed by atoms with Gasteiger partial charge < -0.3 is 10.0 Å². The minimum atomic E-state index is -0.777. The molecular formula is C21H27NO3. The van der Waals surface area contributed by atoms with Crippen LogP contribution in [0.3, 0.4) is 0 Å². The number of hydrogen-bond donors (Lipinski definition) is 1. The first-order chi connectivity index (χ1) is 12.1. The third kappa shape index (κ3) is 2.57. The van der Waals surface area contributed by atoms with E-state index in [9.17, 15) is 14.7 Å². The second-order valence-electron chi connectivity index (χ2n) is 7.99. The third-order valence-corrected chi connectivity index (χ3v) is 6.64. The van der Waals surface area contributed by atoms with E-state index in [0.717, 1.165) is 56.9 Å². The third-order valence-electron chi connectivity index (χ3n) is 6.64. The molecule has 2 aliphatic carbocycles. The fourth-order valence-electron chi connectivity index (χ4n) is 5.63. The van der Waals surface area contributed by atoms with Crippen molar-refractivity contribution in [2.24, 2.45) is 0 Å². The summed E-state index contributed by atoms with van der Waals surface area (Å²) in [4.78, 5) is 27.9. The lowest BCUT2D eigenvalue weighted by Gasteiger charge is -2.52. The highest BCUT2D eigenvalue weighted by molar-refractivity contribution is 6.01. The Balaban J connectivity index is 1.86. The van der Waals surface area contributed by atoms with Crippen molar-refractivity contribution in [3.05, 3.63) is 35.4 Å². The molecule has 1 aromatic carbocycles. The summed E-state index contributed by atoms with van der Waals surface area (Å²) in [5, 5.41) is 10.1. The molecule has 4 rings (SSSR count).